The zero-order valence-electron chi connectivity index (χ0n) is 74.5. The zero-order valence-corrected chi connectivity index (χ0v) is 76.1. The summed E-state index contributed by atoms with van der Waals surface area (Å²) in [7, 11) is 0. The lowest BCUT2D eigenvalue weighted by Crippen LogP contribution is -2.67. The van der Waals surface area contributed by atoms with Gasteiger partial charge in [0, 0.05) is 119 Å². The average molecular weight is 1500 g/mol. The van der Waals surface area contributed by atoms with Crippen molar-refractivity contribution in [1.82, 2.24) is 59.2 Å². The molecule has 0 radical (unpaired) electrons. The van der Waals surface area contributed by atoms with Gasteiger partial charge >= 0.3 is 0 Å². The summed E-state index contributed by atoms with van der Waals surface area (Å²) >= 11 is 3.28. The summed E-state index contributed by atoms with van der Waals surface area (Å²) < 4.78 is 1.82. The molecule has 0 aliphatic carbocycles. The molecule has 106 heavy (non-hydrogen) atoms. The number of aromatic nitrogens is 7. The summed E-state index contributed by atoms with van der Waals surface area (Å²) in [5.41, 5.74) is 9.93. The Bertz CT molecular complexity index is 3890. The maximum atomic E-state index is 13.4. The first-order valence-corrected chi connectivity index (χ1v) is 41.1. The molecule has 5 aliphatic heterocycles. The van der Waals surface area contributed by atoms with E-state index in [9.17, 15) is 24.0 Å². The number of thiazole rings is 2. The van der Waals surface area contributed by atoms with Crippen LogP contribution in [0.1, 0.15) is 429 Å². The molecule has 10 rings (SSSR count). The van der Waals surface area contributed by atoms with Gasteiger partial charge in [0.1, 0.15) is 16.3 Å². The van der Waals surface area contributed by atoms with Gasteiger partial charge in [0.2, 0.25) is 5.82 Å². The number of carbonyl (C=O) groups is 5. The highest BCUT2D eigenvalue weighted by Gasteiger charge is 2.59. The highest BCUT2D eigenvalue weighted by molar-refractivity contribution is 7.14. The molecule has 17 nitrogen and oxygen atoms in total. The van der Waals surface area contributed by atoms with Gasteiger partial charge in [-0.25, -0.2) is 24.6 Å². The topological polar surface area (TPSA) is 184 Å². The van der Waals surface area contributed by atoms with Crippen molar-refractivity contribution in [2.24, 2.45) is 0 Å². The van der Waals surface area contributed by atoms with Crippen LogP contribution in [0.15, 0.2) is 0 Å². The van der Waals surface area contributed by atoms with E-state index in [1.807, 2.05) is 52.0 Å². The van der Waals surface area contributed by atoms with Crippen molar-refractivity contribution in [3.05, 3.63) is 99.0 Å². The average Bonchev–Trinajstić information content (AvgIpc) is 0.933. The molecule has 0 saturated heterocycles. The molecular formula is C87H142N12O5S2. The van der Waals surface area contributed by atoms with Crippen molar-refractivity contribution >= 4 is 52.2 Å². The summed E-state index contributed by atoms with van der Waals surface area (Å²) in [6.45, 7) is 94.1. The van der Waals surface area contributed by atoms with Crippen LogP contribution < -0.4 is 0 Å². The van der Waals surface area contributed by atoms with Gasteiger partial charge in [0.15, 0.2) is 5.82 Å². The Kier molecular flexibility index (Phi) is 24.9. The fourth-order valence-electron chi connectivity index (χ4n) is 17.3. The van der Waals surface area contributed by atoms with E-state index < -0.39 is 0 Å². The first kappa shape index (κ1) is 88.9. The number of fused-ring (bicyclic) bond motifs is 5. The third-order valence-corrected chi connectivity index (χ3v) is 29.2. The molecule has 5 aliphatic rings. The van der Waals surface area contributed by atoms with E-state index in [4.69, 9.17) is 15.0 Å². The van der Waals surface area contributed by atoms with Crippen molar-refractivity contribution in [3.63, 3.8) is 0 Å². The minimum Gasteiger partial charge on any atom is -0.330 e. The second-order valence-corrected chi connectivity index (χ2v) is 41.1. The van der Waals surface area contributed by atoms with Crippen LogP contribution in [0.5, 0.6) is 0 Å². The number of hydrogen-bond acceptors (Lipinski definition) is 13. The Labute approximate surface area is 649 Å². The largest absolute Gasteiger partial charge is 0.330 e. The van der Waals surface area contributed by atoms with Crippen LogP contribution in [0, 0.1) is 27.7 Å². The normalized spacial score (nSPS) is 20.2. The minimum atomic E-state index is -0.326. The summed E-state index contributed by atoms with van der Waals surface area (Å²) in [5, 5.41) is 6.74. The van der Waals surface area contributed by atoms with Gasteiger partial charge in [-0.1, -0.05) is 125 Å². The van der Waals surface area contributed by atoms with E-state index in [-0.39, 0.29) is 121 Å². The van der Waals surface area contributed by atoms with Crippen molar-refractivity contribution in [1.29, 1.82) is 0 Å². The SMILES string of the molecule is CC(C)c1nc2c(s1)C(=O)N(C(C)C)C(C)(C)C2(C)C.CC(C)c1nc2c(s1)C(C)(C)C(C)(C)N(C(C)C)C2=O.CC(C)c1nc2n(n1)C(C)(C)C(C)(C)N(C(C)C)C2=O.Cc1c(C(C)C)nc2c(c1C)C(C)(C)C(C)(C)N(C(C)C)C2=O.Cc1nc(C(C)C)c(C)c2c1C(C)(C)C(C)(C)N(C(C)C)C2=O. The van der Waals surface area contributed by atoms with Crippen molar-refractivity contribution in [2.75, 3.05) is 0 Å². The van der Waals surface area contributed by atoms with Crippen LogP contribution in [-0.2, 0) is 27.2 Å². The van der Waals surface area contributed by atoms with Crippen LogP contribution in [0.3, 0.4) is 0 Å². The molecule has 5 aromatic rings. The fraction of sp³-hybridized carbons (Fsp3) is 0.736. The number of pyridine rings is 2. The number of nitrogens with zero attached hydrogens (tertiary/aromatic N) is 12. The van der Waals surface area contributed by atoms with Gasteiger partial charge in [-0.15, -0.1) is 22.7 Å². The monoisotopic (exact) mass is 1500 g/mol. The predicted octanol–water partition coefficient (Wildman–Crippen LogP) is 20.6. The third kappa shape index (κ3) is 14.2. The molecule has 10 heterocycles. The summed E-state index contributed by atoms with van der Waals surface area (Å²) in [4.78, 5) is 101. The molecule has 592 valence electrons. The van der Waals surface area contributed by atoms with Gasteiger partial charge < -0.3 is 24.5 Å². The van der Waals surface area contributed by atoms with Crippen LogP contribution in [-0.4, -0.2) is 147 Å². The smallest absolute Gasteiger partial charge is 0.292 e. The third-order valence-electron chi connectivity index (χ3n) is 26.2. The van der Waals surface area contributed by atoms with E-state index in [1.165, 1.54) is 11.1 Å². The van der Waals surface area contributed by atoms with Gasteiger partial charge in [0.25, 0.3) is 29.5 Å². The standard InChI is InChI=1S/2C20H32N2O.2C16H26N2OS.C15H26N4O/c1-11(2)17-13(5)15-16(14(6)21-17)19(7,8)20(9,10)22(12(3)4)18(15)23;1-11(2)16-14(6)13(5)15-17(21-16)18(23)22(12(3)4)20(9,10)19(15,7)8;1-9(2)13-17-12-11(20-13)14(19)18(10(3)4)16(7,8)15(12,5)6;1-9(2)13-17-11-12(20-13)15(5,6)16(7,8)18(10(3)4)14(11)19;1-9(2)11-16-12-13(20)18(10(3)4)14(5,6)15(7,8)19(12)17-11/h2*11-12H,1-10H3;3*9-10H,1-8H3. The number of rotatable bonds is 10. The molecule has 0 unspecified atom stereocenters. The van der Waals surface area contributed by atoms with Gasteiger partial charge in [-0.05, 0) is 220 Å². The van der Waals surface area contributed by atoms with Crippen LogP contribution >= 0.6 is 22.7 Å². The van der Waals surface area contributed by atoms with Crippen molar-refractivity contribution in [3.8, 4) is 0 Å². The first-order chi connectivity index (χ1) is 47.7. The lowest BCUT2D eigenvalue weighted by Gasteiger charge is -2.56. The summed E-state index contributed by atoms with van der Waals surface area (Å²) in [6.07, 6.45) is 0. The van der Waals surface area contributed by atoms with Crippen LogP contribution in [0.25, 0.3) is 0 Å². The van der Waals surface area contributed by atoms with Gasteiger partial charge in [-0.2, -0.15) is 5.10 Å². The second-order valence-electron chi connectivity index (χ2n) is 39.1. The number of amides is 5. The maximum absolute atomic E-state index is 13.4. The Morgan fingerprint density at radius 2 is 0.698 bits per heavy atom. The molecule has 0 atom stereocenters. The molecule has 0 fully saturated rings. The molecule has 0 bridgehead atoms. The Hall–Kier alpha value is -5.95. The lowest BCUT2D eigenvalue weighted by atomic mass is 9.63. The molecule has 0 spiro atoms. The molecule has 19 heteroatoms. The minimum absolute atomic E-state index is 0.0243. The lowest BCUT2D eigenvalue weighted by molar-refractivity contribution is -0.0199. The van der Waals surface area contributed by atoms with Crippen molar-refractivity contribution in [2.45, 2.75) is 419 Å². The first-order valence-electron chi connectivity index (χ1n) is 39.5. The van der Waals surface area contributed by atoms with E-state index in [0.29, 0.717) is 40.9 Å². The van der Waals surface area contributed by atoms with E-state index in [0.717, 1.165) is 70.6 Å². The zero-order chi connectivity index (χ0) is 82.2. The molecule has 0 aromatic carbocycles. The van der Waals surface area contributed by atoms with E-state index in [1.54, 1.807) is 22.7 Å². The van der Waals surface area contributed by atoms with Gasteiger partial charge in [-0.3, -0.25) is 29.0 Å². The maximum Gasteiger partial charge on any atom is 0.292 e. The van der Waals surface area contributed by atoms with E-state index in [2.05, 4.69) is 297 Å². The molecule has 0 saturated carbocycles. The number of aryl methyl sites for hydroxylation is 1. The Morgan fingerprint density at radius 1 is 0.321 bits per heavy atom. The molecule has 5 amide bonds. The molecule has 5 aromatic heterocycles. The van der Waals surface area contributed by atoms with Crippen LogP contribution in [0.2, 0.25) is 0 Å². The van der Waals surface area contributed by atoms with Crippen molar-refractivity contribution < 1.29 is 24.0 Å². The summed E-state index contributed by atoms with van der Waals surface area (Å²) in [5.74, 6) is 3.22. The summed E-state index contributed by atoms with van der Waals surface area (Å²) in [6, 6.07) is 0.810. The highest BCUT2D eigenvalue weighted by atomic mass is 32.1. The van der Waals surface area contributed by atoms with Gasteiger partial charge in [0.05, 0.1) is 26.8 Å². The Morgan fingerprint density at radius 3 is 1.12 bits per heavy atom. The highest BCUT2D eigenvalue weighted by Crippen LogP contribution is 2.53. The molecule has 0 N–H and O–H groups in total. The quantitative estimate of drug-likeness (QED) is 0.130. The fourth-order valence-corrected chi connectivity index (χ4v) is 19.8. The van der Waals surface area contributed by atoms with Crippen LogP contribution in [0.4, 0.5) is 0 Å². The van der Waals surface area contributed by atoms with E-state index >= 15 is 0 Å². The second kappa shape index (κ2) is 29.7. The molecular weight excluding hydrogens is 1360 g/mol. The Balaban J connectivity index is 0.000000208. The number of carbonyl (C=O) groups excluding carboxylic acids is 5. The number of hydrogen-bond donors (Lipinski definition) is 0. The predicted molar refractivity (Wildman–Crippen MR) is 440 cm³/mol.